The smallest absolute Gasteiger partial charge is 0.340 e. The number of hydrogen-bond donors (Lipinski definition) is 2. The normalized spacial score (nSPS) is 11.4. The summed E-state index contributed by atoms with van der Waals surface area (Å²) in [7, 11) is 0. The molecule has 146 valence electrons. The van der Waals surface area contributed by atoms with Gasteiger partial charge in [0.05, 0.1) is 23.0 Å². The Kier molecular flexibility index (Phi) is 4.63. The van der Waals surface area contributed by atoms with Gasteiger partial charge in [0.2, 0.25) is 0 Å². The van der Waals surface area contributed by atoms with Crippen LogP contribution < -0.4 is 10.2 Å². The van der Waals surface area contributed by atoms with Gasteiger partial charge in [-0.3, -0.25) is 9.89 Å². The summed E-state index contributed by atoms with van der Waals surface area (Å²) in [6, 6.07) is 14.8. The zero-order valence-electron chi connectivity index (χ0n) is 14.8. The van der Waals surface area contributed by atoms with Gasteiger partial charge in [0.1, 0.15) is 5.82 Å². The van der Waals surface area contributed by atoms with Crippen LogP contribution in [-0.2, 0) is 0 Å². The average molecular weight is 397 g/mol. The molecule has 0 radical (unpaired) electrons. The van der Waals surface area contributed by atoms with E-state index in [0.29, 0.717) is 5.69 Å². The number of hydrogen-bond acceptors (Lipinski definition) is 4. The lowest BCUT2D eigenvalue weighted by molar-refractivity contribution is -0.122. The molecule has 4 rings (SSSR count). The van der Waals surface area contributed by atoms with Gasteiger partial charge in [-0.05, 0) is 42.5 Å². The van der Waals surface area contributed by atoms with Crippen molar-refractivity contribution >= 4 is 34.0 Å². The Balaban J connectivity index is 1.72. The second-order valence-electron chi connectivity index (χ2n) is 6.14. The topological polar surface area (TPSA) is 73.9 Å². The molecular formula is C20H14F3N5O. The lowest BCUT2D eigenvalue weighted by atomic mass is 10.2. The van der Waals surface area contributed by atoms with Crippen LogP contribution in [-0.4, -0.2) is 27.4 Å². The minimum atomic E-state index is -4.90. The minimum absolute atomic E-state index is 0.0153. The van der Waals surface area contributed by atoms with E-state index in [1.807, 2.05) is 0 Å². The van der Waals surface area contributed by atoms with Gasteiger partial charge < -0.3 is 5.32 Å². The SMILES string of the molecule is O=C(c1cccnc1Nc1ccc2cn[nH]c2c1)N(c1ccccc1)C(F)(F)F. The molecule has 0 spiro atoms. The molecule has 0 saturated carbocycles. The van der Waals surface area contributed by atoms with Gasteiger partial charge in [-0.2, -0.15) is 5.10 Å². The molecule has 0 fully saturated rings. The number of H-pyrrole nitrogens is 1. The largest absolute Gasteiger partial charge is 0.491 e. The zero-order valence-corrected chi connectivity index (χ0v) is 14.8. The summed E-state index contributed by atoms with van der Waals surface area (Å²) in [6.07, 6.45) is -1.86. The number of pyridine rings is 1. The summed E-state index contributed by atoms with van der Waals surface area (Å²) in [5, 5.41) is 10.5. The molecule has 29 heavy (non-hydrogen) atoms. The van der Waals surface area contributed by atoms with Crippen molar-refractivity contribution in [2.24, 2.45) is 0 Å². The number of halogens is 3. The highest BCUT2D eigenvalue weighted by molar-refractivity contribution is 6.09. The fraction of sp³-hybridized carbons (Fsp3) is 0.0500. The van der Waals surface area contributed by atoms with Crippen LogP contribution in [0.3, 0.4) is 0 Å². The number of nitrogens with zero attached hydrogens (tertiary/aromatic N) is 3. The first-order valence-corrected chi connectivity index (χ1v) is 8.55. The van der Waals surface area contributed by atoms with Crippen LogP contribution in [0.4, 0.5) is 30.4 Å². The van der Waals surface area contributed by atoms with E-state index in [2.05, 4.69) is 20.5 Å². The van der Waals surface area contributed by atoms with Crippen LogP contribution in [0.15, 0.2) is 73.1 Å². The lowest BCUT2D eigenvalue weighted by Gasteiger charge is -2.25. The third-order valence-electron chi connectivity index (χ3n) is 4.21. The number of aromatic amines is 1. The molecule has 0 bridgehead atoms. The van der Waals surface area contributed by atoms with Crippen LogP contribution in [0.25, 0.3) is 10.9 Å². The minimum Gasteiger partial charge on any atom is -0.340 e. The van der Waals surface area contributed by atoms with E-state index in [9.17, 15) is 18.0 Å². The molecule has 0 aliphatic carbocycles. The molecule has 2 N–H and O–H groups in total. The summed E-state index contributed by atoms with van der Waals surface area (Å²) in [5.41, 5.74) is 0.796. The van der Waals surface area contributed by atoms with E-state index in [-0.39, 0.29) is 22.0 Å². The molecule has 0 saturated heterocycles. The molecule has 0 aliphatic rings. The summed E-state index contributed by atoms with van der Waals surface area (Å²) >= 11 is 0. The number of anilines is 3. The second kappa shape index (κ2) is 7.27. The Morgan fingerprint density at radius 2 is 1.83 bits per heavy atom. The number of fused-ring (bicyclic) bond motifs is 1. The zero-order chi connectivity index (χ0) is 20.4. The van der Waals surface area contributed by atoms with Gasteiger partial charge >= 0.3 is 6.30 Å². The van der Waals surface area contributed by atoms with Crippen LogP contribution >= 0.6 is 0 Å². The third-order valence-corrected chi connectivity index (χ3v) is 4.21. The molecule has 2 aromatic heterocycles. The average Bonchev–Trinajstić information content (AvgIpc) is 3.16. The van der Waals surface area contributed by atoms with E-state index in [1.54, 1.807) is 30.5 Å². The summed E-state index contributed by atoms with van der Waals surface area (Å²) in [5.74, 6) is -1.22. The maximum absolute atomic E-state index is 13.7. The fourth-order valence-electron chi connectivity index (χ4n) is 2.91. The van der Waals surface area contributed by atoms with Gasteiger partial charge in [0, 0.05) is 17.3 Å². The molecule has 6 nitrogen and oxygen atoms in total. The molecule has 0 atom stereocenters. The summed E-state index contributed by atoms with van der Waals surface area (Å²) in [6.45, 7) is 0. The maximum atomic E-state index is 13.7. The maximum Gasteiger partial charge on any atom is 0.491 e. The Morgan fingerprint density at radius 1 is 1.03 bits per heavy atom. The van der Waals surface area contributed by atoms with Crippen LogP contribution in [0.2, 0.25) is 0 Å². The summed E-state index contributed by atoms with van der Waals surface area (Å²) in [4.78, 5) is 16.8. The Hall–Kier alpha value is -3.88. The standard InChI is InChI=1S/C20H14F3N5O/c21-20(22,23)28(15-5-2-1-3-6-15)19(29)16-7-4-10-24-18(16)26-14-9-8-13-12-25-27-17(13)11-14/h1-12H,(H,24,26)(H,25,27). The first kappa shape index (κ1) is 18.5. The van der Waals surface area contributed by atoms with E-state index in [1.165, 1.54) is 42.6 Å². The second-order valence-corrected chi connectivity index (χ2v) is 6.14. The van der Waals surface area contributed by atoms with Gasteiger partial charge in [-0.1, -0.05) is 18.2 Å². The van der Waals surface area contributed by atoms with Crippen molar-refractivity contribution in [1.82, 2.24) is 15.2 Å². The highest BCUT2D eigenvalue weighted by Crippen LogP contribution is 2.32. The molecule has 2 heterocycles. The van der Waals surface area contributed by atoms with Crippen molar-refractivity contribution in [2.45, 2.75) is 6.30 Å². The van der Waals surface area contributed by atoms with Crippen LogP contribution in [0.1, 0.15) is 10.4 Å². The highest BCUT2D eigenvalue weighted by atomic mass is 19.4. The predicted molar refractivity (Wildman–Crippen MR) is 103 cm³/mol. The molecule has 4 aromatic rings. The quantitative estimate of drug-likeness (QED) is 0.482. The van der Waals surface area contributed by atoms with Gasteiger partial charge in [0.15, 0.2) is 0 Å². The van der Waals surface area contributed by atoms with Crippen molar-refractivity contribution in [3.63, 3.8) is 0 Å². The first-order chi connectivity index (χ1) is 13.9. The highest BCUT2D eigenvalue weighted by Gasteiger charge is 2.43. The van der Waals surface area contributed by atoms with Gasteiger partial charge in [0.25, 0.3) is 5.91 Å². The molecule has 0 unspecified atom stereocenters. The molecular weight excluding hydrogens is 383 g/mol. The number of benzene rings is 2. The molecule has 2 aromatic carbocycles. The van der Waals surface area contributed by atoms with Crippen LogP contribution in [0.5, 0.6) is 0 Å². The first-order valence-electron chi connectivity index (χ1n) is 8.55. The van der Waals surface area contributed by atoms with Crippen molar-refractivity contribution in [3.05, 3.63) is 78.6 Å². The van der Waals surface area contributed by atoms with Crippen molar-refractivity contribution in [1.29, 1.82) is 0 Å². The van der Waals surface area contributed by atoms with Crippen molar-refractivity contribution in [2.75, 3.05) is 10.2 Å². The molecule has 1 amide bonds. The Morgan fingerprint density at radius 3 is 2.59 bits per heavy atom. The van der Waals surface area contributed by atoms with E-state index < -0.39 is 12.2 Å². The lowest BCUT2D eigenvalue weighted by Crippen LogP contribution is -2.43. The Labute approximate surface area is 163 Å². The number of alkyl halides is 3. The third kappa shape index (κ3) is 3.75. The molecule has 9 heteroatoms. The van der Waals surface area contributed by atoms with E-state index in [0.717, 1.165) is 10.9 Å². The number of para-hydroxylation sites is 1. The summed E-state index contributed by atoms with van der Waals surface area (Å²) < 4.78 is 41.1. The van der Waals surface area contributed by atoms with Gasteiger partial charge in [-0.15, -0.1) is 13.2 Å². The van der Waals surface area contributed by atoms with Crippen molar-refractivity contribution < 1.29 is 18.0 Å². The number of nitrogens with one attached hydrogen (secondary N) is 2. The van der Waals surface area contributed by atoms with E-state index in [4.69, 9.17) is 0 Å². The van der Waals surface area contributed by atoms with E-state index >= 15 is 0 Å². The predicted octanol–water partition coefficient (Wildman–Crippen LogP) is 4.87. The number of rotatable bonds is 4. The molecule has 0 aliphatic heterocycles. The monoisotopic (exact) mass is 397 g/mol. The number of aromatic nitrogens is 3. The number of carbonyl (C=O) groups is 1. The van der Waals surface area contributed by atoms with Crippen LogP contribution in [0, 0.1) is 0 Å². The van der Waals surface area contributed by atoms with Crippen molar-refractivity contribution in [3.8, 4) is 0 Å². The number of carbonyl (C=O) groups excluding carboxylic acids is 1. The number of amides is 1. The fourth-order valence-corrected chi connectivity index (χ4v) is 2.91. The Bertz CT molecular complexity index is 1160. The van der Waals surface area contributed by atoms with Gasteiger partial charge in [-0.25, -0.2) is 9.88 Å².